The third kappa shape index (κ3) is 4.67. The van der Waals surface area contributed by atoms with Crippen LogP contribution in [0, 0.1) is 20.8 Å². The molecule has 1 aromatic carbocycles. The van der Waals surface area contributed by atoms with Crippen molar-refractivity contribution in [1.29, 1.82) is 0 Å². The van der Waals surface area contributed by atoms with Gasteiger partial charge in [0.2, 0.25) is 0 Å². The molecule has 0 saturated heterocycles. The van der Waals surface area contributed by atoms with Gasteiger partial charge in [0.25, 0.3) is 0 Å². The molecule has 0 bridgehead atoms. The SMILES string of the molecule is CCOC(=O)CCCC(N)c1c(C)cc(C)cc1C. The van der Waals surface area contributed by atoms with Crippen molar-refractivity contribution in [2.45, 2.75) is 53.0 Å². The highest BCUT2D eigenvalue weighted by molar-refractivity contribution is 5.69. The first-order valence-electron chi connectivity index (χ1n) is 6.94. The molecular weight excluding hydrogens is 238 g/mol. The Kier molecular flexibility index (Phi) is 6.03. The van der Waals surface area contributed by atoms with Crippen LogP contribution >= 0.6 is 0 Å². The minimum Gasteiger partial charge on any atom is -0.466 e. The van der Waals surface area contributed by atoms with E-state index in [0.29, 0.717) is 13.0 Å². The second-order valence-electron chi connectivity index (χ2n) is 5.12. The summed E-state index contributed by atoms with van der Waals surface area (Å²) < 4.78 is 4.91. The van der Waals surface area contributed by atoms with E-state index in [1.807, 2.05) is 6.92 Å². The number of carbonyl (C=O) groups excluding carboxylic acids is 1. The van der Waals surface area contributed by atoms with E-state index in [2.05, 4.69) is 32.9 Å². The number of hydrogen-bond donors (Lipinski definition) is 1. The maximum atomic E-state index is 11.3. The molecule has 1 aromatic rings. The molecule has 3 heteroatoms. The first kappa shape index (κ1) is 15.7. The molecule has 3 nitrogen and oxygen atoms in total. The lowest BCUT2D eigenvalue weighted by Gasteiger charge is -2.18. The summed E-state index contributed by atoms with van der Waals surface area (Å²) in [6.45, 7) is 8.56. The van der Waals surface area contributed by atoms with Gasteiger partial charge in [-0.2, -0.15) is 0 Å². The molecule has 0 saturated carbocycles. The molecule has 0 spiro atoms. The quantitative estimate of drug-likeness (QED) is 0.801. The molecule has 0 aliphatic carbocycles. The molecule has 106 valence electrons. The van der Waals surface area contributed by atoms with Crippen LogP contribution in [0.4, 0.5) is 0 Å². The molecule has 1 atom stereocenters. The van der Waals surface area contributed by atoms with Crippen molar-refractivity contribution in [3.63, 3.8) is 0 Å². The summed E-state index contributed by atoms with van der Waals surface area (Å²) in [5.41, 5.74) is 11.2. The molecule has 2 N–H and O–H groups in total. The van der Waals surface area contributed by atoms with E-state index in [1.165, 1.54) is 22.3 Å². The van der Waals surface area contributed by atoms with Crippen LogP contribution in [-0.2, 0) is 9.53 Å². The first-order chi connectivity index (χ1) is 8.95. The van der Waals surface area contributed by atoms with Gasteiger partial charge in [-0.1, -0.05) is 17.7 Å². The van der Waals surface area contributed by atoms with Crippen LogP contribution in [0.25, 0.3) is 0 Å². The van der Waals surface area contributed by atoms with E-state index in [0.717, 1.165) is 12.8 Å². The van der Waals surface area contributed by atoms with Gasteiger partial charge in [0.15, 0.2) is 0 Å². The predicted octanol–water partition coefficient (Wildman–Crippen LogP) is 3.35. The van der Waals surface area contributed by atoms with Gasteiger partial charge in [-0.25, -0.2) is 0 Å². The van der Waals surface area contributed by atoms with Crippen LogP contribution in [0.1, 0.15) is 54.5 Å². The smallest absolute Gasteiger partial charge is 0.305 e. The number of rotatable bonds is 6. The highest BCUT2D eigenvalue weighted by atomic mass is 16.5. The highest BCUT2D eigenvalue weighted by Gasteiger charge is 2.13. The topological polar surface area (TPSA) is 52.3 Å². The van der Waals surface area contributed by atoms with Crippen LogP contribution in [0.5, 0.6) is 0 Å². The molecule has 0 aliphatic heterocycles. The Balaban J connectivity index is 2.59. The summed E-state index contributed by atoms with van der Waals surface area (Å²) in [5, 5.41) is 0. The molecule has 0 amide bonds. The number of aryl methyl sites for hydroxylation is 3. The molecule has 0 fully saturated rings. The maximum Gasteiger partial charge on any atom is 0.305 e. The van der Waals surface area contributed by atoms with Crippen molar-refractivity contribution in [3.8, 4) is 0 Å². The monoisotopic (exact) mass is 263 g/mol. The Morgan fingerprint density at radius 1 is 1.26 bits per heavy atom. The summed E-state index contributed by atoms with van der Waals surface area (Å²) >= 11 is 0. The molecule has 1 rings (SSSR count). The van der Waals surface area contributed by atoms with Gasteiger partial charge < -0.3 is 10.5 Å². The summed E-state index contributed by atoms with van der Waals surface area (Å²) in [6.07, 6.45) is 2.03. The number of hydrogen-bond acceptors (Lipinski definition) is 3. The Labute approximate surface area is 116 Å². The van der Waals surface area contributed by atoms with Gasteiger partial charge in [0, 0.05) is 12.5 Å². The molecular formula is C16H25NO2. The molecule has 19 heavy (non-hydrogen) atoms. The number of nitrogens with two attached hydrogens (primary N) is 1. The van der Waals surface area contributed by atoms with Crippen LogP contribution in [-0.4, -0.2) is 12.6 Å². The van der Waals surface area contributed by atoms with E-state index < -0.39 is 0 Å². The number of esters is 1. The van der Waals surface area contributed by atoms with Crippen molar-refractivity contribution in [2.75, 3.05) is 6.61 Å². The Morgan fingerprint density at radius 2 is 1.84 bits per heavy atom. The molecule has 0 radical (unpaired) electrons. The predicted molar refractivity (Wildman–Crippen MR) is 78.1 cm³/mol. The Bertz CT molecular complexity index is 417. The molecule has 0 aliphatic rings. The second-order valence-corrected chi connectivity index (χ2v) is 5.12. The van der Waals surface area contributed by atoms with Gasteiger partial charge in [-0.05, 0) is 57.2 Å². The largest absolute Gasteiger partial charge is 0.466 e. The summed E-state index contributed by atoms with van der Waals surface area (Å²) in [5.74, 6) is -0.132. The van der Waals surface area contributed by atoms with Crippen molar-refractivity contribution in [1.82, 2.24) is 0 Å². The van der Waals surface area contributed by atoms with Gasteiger partial charge in [0.1, 0.15) is 0 Å². The van der Waals surface area contributed by atoms with Crippen LogP contribution in [0.2, 0.25) is 0 Å². The van der Waals surface area contributed by atoms with Crippen molar-refractivity contribution in [3.05, 3.63) is 34.4 Å². The lowest BCUT2D eigenvalue weighted by Crippen LogP contribution is -2.14. The van der Waals surface area contributed by atoms with Gasteiger partial charge in [0.05, 0.1) is 6.61 Å². The lowest BCUT2D eigenvalue weighted by atomic mass is 9.92. The van der Waals surface area contributed by atoms with E-state index in [-0.39, 0.29) is 12.0 Å². The standard InChI is InChI=1S/C16H25NO2/c1-5-19-15(18)8-6-7-14(17)16-12(3)9-11(2)10-13(16)4/h9-10,14H,5-8,17H2,1-4H3. The first-order valence-corrected chi connectivity index (χ1v) is 6.94. The third-order valence-electron chi connectivity index (χ3n) is 3.31. The number of benzene rings is 1. The molecule has 1 unspecified atom stereocenters. The highest BCUT2D eigenvalue weighted by Crippen LogP contribution is 2.25. The molecule has 0 aromatic heterocycles. The van der Waals surface area contributed by atoms with E-state index >= 15 is 0 Å². The Morgan fingerprint density at radius 3 is 2.37 bits per heavy atom. The molecule has 0 heterocycles. The van der Waals surface area contributed by atoms with Crippen molar-refractivity contribution in [2.24, 2.45) is 5.73 Å². The number of ether oxygens (including phenoxy) is 1. The number of carbonyl (C=O) groups is 1. The van der Waals surface area contributed by atoms with Crippen molar-refractivity contribution < 1.29 is 9.53 Å². The Hall–Kier alpha value is -1.35. The van der Waals surface area contributed by atoms with Crippen LogP contribution < -0.4 is 5.73 Å². The average molecular weight is 263 g/mol. The fourth-order valence-electron chi connectivity index (χ4n) is 2.62. The van der Waals surface area contributed by atoms with Crippen molar-refractivity contribution >= 4 is 5.97 Å². The summed E-state index contributed by atoms with van der Waals surface area (Å²) in [4.78, 5) is 11.3. The summed E-state index contributed by atoms with van der Waals surface area (Å²) in [7, 11) is 0. The minimum absolute atomic E-state index is 0.00461. The van der Waals surface area contributed by atoms with Gasteiger partial charge in [-0.3, -0.25) is 4.79 Å². The fourth-order valence-corrected chi connectivity index (χ4v) is 2.62. The van der Waals surface area contributed by atoms with Crippen LogP contribution in [0.3, 0.4) is 0 Å². The van der Waals surface area contributed by atoms with E-state index in [1.54, 1.807) is 0 Å². The fraction of sp³-hybridized carbons (Fsp3) is 0.562. The van der Waals surface area contributed by atoms with Gasteiger partial charge >= 0.3 is 5.97 Å². The maximum absolute atomic E-state index is 11.3. The second kappa shape index (κ2) is 7.29. The average Bonchev–Trinajstić information content (AvgIpc) is 2.27. The zero-order valence-corrected chi connectivity index (χ0v) is 12.5. The van der Waals surface area contributed by atoms with Crippen LogP contribution in [0.15, 0.2) is 12.1 Å². The van der Waals surface area contributed by atoms with Gasteiger partial charge in [-0.15, -0.1) is 0 Å². The summed E-state index contributed by atoms with van der Waals surface area (Å²) in [6, 6.07) is 4.32. The lowest BCUT2D eigenvalue weighted by molar-refractivity contribution is -0.143. The zero-order chi connectivity index (χ0) is 14.4. The zero-order valence-electron chi connectivity index (χ0n) is 12.5. The third-order valence-corrected chi connectivity index (χ3v) is 3.31. The minimum atomic E-state index is -0.132. The van der Waals surface area contributed by atoms with E-state index in [9.17, 15) is 4.79 Å². The van der Waals surface area contributed by atoms with E-state index in [4.69, 9.17) is 10.5 Å². The normalized spacial score (nSPS) is 12.3.